The Balaban J connectivity index is 1.82. The number of aliphatic hydroxyl groups excluding tert-OH is 1. The summed E-state index contributed by atoms with van der Waals surface area (Å²) in [6, 6.07) is 7.51. The standard InChI is InChI=1S/C18H22O3/c1-18(2)13-10-14(18)16(20)9-11(13)8-15(19)12-6-4-5-7-17(12)21-3/h4-7,9,13-15,19H,8,10H2,1-3H3/t13-,14+,15?/m1/s1. The van der Waals surface area contributed by atoms with Gasteiger partial charge in [-0.15, -0.1) is 0 Å². The molecule has 2 bridgehead atoms. The van der Waals surface area contributed by atoms with Gasteiger partial charge in [0.2, 0.25) is 0 Å². The normalized spacial score (nSPS) is 27.6. The Hall–Kier alpha value is -1.61. The van der Waals surface area contributed by atoms with Crippen LogP contribution >= 0.6 is 0 Å². The van der Waals surface area contributed by atoms with Crippen LogP contribution in [0.3, 0.4) is 0 Å². The Labute approximate surface area is 125 Å². The lowest BCUT2D eigenvalue weighted by Crippen LogP contribution is -2.52. The van der Waals surface area contributed by atoms with Gasteiger partial charge >= 0.3 is 0 Å². The molecule has 1 aromatic rings. The maximum atomic E-state index is 12.1. The Morgan fingerprint density at radius 2 is 2.05 bits per heavy atom. The minimum Gasteiger partial charge on any atom is -0.496 e. The number of aliphatic hydroxyl groups is 1. The first-order valence-electron chi connectivity index (χ1n) is 7.50. The number of hydrogen-bond acceptors (Lipinski definition) is 3. The van der Waals surface area contributed by atoms with Crippen LogP contribution in [0.5, 0.6) is 5.75 Å². The van der Waals surface area contributed by atoms with Crippen molar-refractivity contribution in [1.29, 1.82) is 0 Å². The lowest BCUT2D eigenvalue weighted by Gasteiger charge is -2.55. The van der Waals surface area contributed by atoms with Gasteiger partial charge in [0.1, 0.15) is 5.75 Å². The van der Waals surface area contributed by atoms with Crippen LogP contribution in [0.1, 0.15) is 38.4 Å². The van der Waals surface area contributed by atoms with Crippen LogP contribution in [-0.2, 0) is 4.79 Å². The molecule has 4 rings (SSSR count). The smallest absolute Gasteiger partial charge is 0.159 e. The van der Waals surface area contributed by atoms with Gasteiger partial charge < -0.3 is 9.84 Å². The third-order valence-electron chi connectivity index (χ3n) is 5.31. The molecule has 1 saturated carbocycles. The second kappa shape index (κ2) is 4.99. The van der Waals surface area contributed by atoms with Crippen molar-refractivity contribution < 1.29 is 14.6 Å². The van der Waals surface area contributed by atoms with Crippen molar-refractivity contribution in [3.63, 3.8) is 0 Å². The number of fused-ring (bicyclic) bond motifs is 1. The van der Waals surface area contributed by atoms with Gasteiger partial charge in [-0.25, -0.2) is 0 Å². The highest BCUT2D eigenvalue weighted by atomic mass is 16.5. The van der Waals surface area contributed by atoms with E-state index in [1.54, 1.807) is 13.2 Å². The molecule has 3 aliphatic carbocycles. The second-order valence-corrected chi connectivity index (χ2v) is 6.75. The zero-order valence-electron chi connectivity index (χ0n) is 12.8. The van der Waals surface area contributed by atoms with Gasteiger partial charge in [-0.2, -0.15) is 0 Å². The fourth-order valence-electron chi connectivity index (χ4n) is 3.90. The third-order valence-corrected chi connectivity index (χ3v) is 5.31. The van der Waals surface area contributed by atoms with Crippen LogP contribution in [0.2, 0.25) is 0 Å². The summed E-state index contributed by atoms with van der Waals surface area (Å²) in [7, 11) is 1.61. The van der Waals surface area contributed by atoms with Gasteiger partial charge in [0.15, 0.2) is 5.78 Å². The predicted octanol–water partition coefficient (Wildman–Crippen LogP) is 3.29. The third kappa shape index (κ3) is 2.20. The Kier molecular flexibility index (Phi) is 3.40. The van der Waals surface area contributed by atoms with Crippen LogP contribution in [0.15, 0.2) is 35.9 Å². The summed E-state index contributed by atoms with van der Waals surface area (Å²) in [6.45, 7) is 4.32. The minimum atomic E-state index is -0.631. The van der Waals surface area contributed by atoms with E-state index in [4.69, 9.17) is 4.74 Å². The molecule has 0 spiro atoms. The molecule has 0 aromatic heterocycles. The van der Waals surface area contributed by atoms with E-state index in [0.717, 1.165) is 17.6 Å². The highest BCUT2D eigenvalue weighted by molar-refractivity contribution is 5.96. The van der Waals surface area contributed by atoms with E-state index < -0.39 is 6.10 Å². The van der Waals surface area contributed by atoms with Crippen molar-refractivity contribution in [1.82, 2.24) is 0 Å². The fraction of sp³-hybridized carbons (Fsp3) is 0.500. The summed E-state index contributed by atoms with van der Waals surface area (Å²) in [5, 5.41) is 10.5. The zero-order valence-corrected chi connectivity index (χ0v) is 12.8. The zero-order chi connectivity index (χ0) is 15.2. The van der Waals surface area contributed by atoms with E-state index in [9.17, 15) is 9.90 Å². The highest BCUT2D eigenvalue weighted by Gasteiger charge is 2.55. The monoisotopic (exact) mass is 286 g/mol. The van der Waals surface area contributed by atoms with Crippen molar-refractivity contribution in [2.24, 2.45) is 17.3 Å². The number of carbonyl (C=O) groups excluding carboxylic acids is 1. The molecular formula is C18H22O3. The molecule has 1 N–H and O–H groups in total. The molecule has 0 amide bonds. The Morgan fingerprint density at radius 3 is 2.67 bits per heavy atom. The van der Waals surface area contributed by atoms with Crippen molar-refractivity contribution >= 4 is 5.78 Å². The molecule has 0 radical (unpaired) electrons. The topological polar surface area (TPSA) is 46.5 Å². The number of ether oxygens (including phenoxy) is 1. The molecular weight excluding hydrogens is 264 g/mol. The van der Waals surface area contributed by atoms with Crippen LogP contribution in [0.25, 0.3) is 0 Å². The molecule has 1 fully saturated rings. The molecule has 3 atom stereocenters. The number of hydrogen-bond donors (Lipinski definition) is 1. The minimum absolute atomic E-state index is 0.0433. The van der Waals surface area contributed by atoms with Gasteiger partial charge in [0.05, 0.1) is 13.2 Å². The number of para-hydroxylation sites is 1. The van der Waals surface area contributed by atoms with Crippen LogP contribution < -0.4 is 4.74 Å². The summed E-state index contributed by atoms with van der Waals surface area (Å²) in [5.74, 6) is 1.52. The summed E-state index contributed by atoms with van der Waals surface area (Å²) in [4.78, 5) is 12.1. The molecule has 3 heteroatoms. The molecule has 3 nitrogen and oxygen atoms in total. The van der Waals surface area contributed by atoms with E-state index in [0.29, 0.717) is 18.1 Å². The van der Waals surface area contributed by atoms with E-state index >= 15 is 0 Å². The second-order valence-electron chi connectivity index (χ2n) is 6.75. The lowest BCUT2D eigenvalue weighted by atomic mass is 9.48. The first-order chi connectivity index (χ1) is 9.95. The maximum Gasteiger partial charge on any atom is 0.159 e. The van der Waals surface area contributed by atoms with Crippen LogP contribution in [-0.4, -0.2) is 18.0 Å². The summed E-state index contributed by atoms with van der Waals surface area (Å²) in [5.41, 5.74) is 1.92. The summed E-state index contributed by atoms with van der Waals surface area (Å²) in [6.07, 6.45) is 2.58. The SMILES string of the molecule is COc1ccccc1C(O)CC1=CC(=O)[C@@H]2C[C@H]1C2(C)C. The van der Waals surface area contributed by atoms with Crippen LogP contribution in [0, 0.1) is 17.3 Å². The molecule has 1 unspecified atom stereocenters. The summed E-state index contributed by atoms with van der Waals surface area (Å²) < 4.78 is 5.31. The molecule has 0 aliphatic heterocycles. The molecule has 1 aromatic carbocycles. The van der Waals surface area contributed by atoms with Gasteiger partial charge in [0.25, 0.3) is 0 Å². The van der Waals surface area contributed by atoms with E-state index in [1.165, 1.54) is 0 Å². The lowest BCUT2D eigenvalue weighted by molar-refractivity contribution is -0.134. The van der Waals surface area contributed by atoms with Crippen molar-refractivity contribution in [2.45, 2.75) is 32.8 Å². The number of rotatable bonds is 4. The molecule has 112 valence electrons. The molecule has 0 saturated heterocycles. The Morgan fingerprint density at radius 1 is 1.33 bits per heavy atom. The van der Waals surface area contributed by atoms with Crippen molar-refractivity contribution in [2.75, 3.05) is 7.11 Å². The molecule has 3 aliphatic rings. The van der Waals surface area contributed by atoms with E-state index in [1.807, 2.05) is 24.3 Å². The van der Waals surface area contributed by atoms with E-state index in [-0.39, 0.29) is 17.1 Å². The Bertz CT molecular complexity index is 600. The number of carbonyl (C=O) groups is 1. The average Bonchev–Trinajstić information content (AvgIpc) is 2.45. The quantitative estimate of drug-likeness (QED) is 0.924. The maximum absolute atomic E-state index is 12.1. The number of allylic oxidation sites excluding steroid dienone is 1. The number of ketones is 1. The van der Waals surface area contributed by atoms with Crippen molar-refractivity contribution in [3.05, 3.63) is 41.5 Å². The fourth-order valence-corrected chi connectivity index (χ4v) is 3.90. The first kappa shape index (κ1) is 14.3. The molecule has 21 heavy (non-hydrogen) atoms. The van der Waals surface area contributed by atoms with Gasteiger partial charge in [-0.05, 0) is 36.3 Å². The first-order valence-corrected chi connectivity index (χ1v) is 7.50. The number of methoxy groups -OCH3 is 1. The largest absolute Gasteiger partial charge is 0.496 e. The molecule has 0 heterocycles. The van der Waals surface area contributed by atoms with Gasteiger partial charge in [0, 0.05) is 11.5 Å². The highest BCUT2D eigenvalue weighted by Crippen LogP contribution is 2.59. The van der Waals surface area contributed by atoms with Crippen LogP contribution in [0.4, 0.5) is 0 Å². The predicted molar refractivity (Wildman–Crippen MR) is 81.0 cm³/mol. The average molecular weight is 286 g/mol. The summed E-state index contributed by atoms with van der Waals surface area (Å²) >= 11 is 0. The van der Waals surface area contributed by atoms with Crippen molar-refractivity contribution in [3.8, 4) is 5.75 Å². The van der Waals surface area contributed by atoms with E-state index in [2.05, 4.69) is 13.8 Å². The van der Waals surface area contributed by atoms with Gasteiger partial charge in [-0.3, -0.25) is 4.79 Å². The van der Waals surface area contributed by atoms with Gasteiger partial charge in [-0.1, -0.05) is 37.6 Å². The number of benzene rings is 1.